The molecule has 0 radical (unpaired) electrons. The van der Waals surface area contributed by atoms with Crippen molar-refractivity contribution in [1.82, 2.24) is 25.2 Å². The van der Waals surface area contributed by atoms with Crippen molar-refractivity contribution < 1.29 is 13.5 Å². The van der Waals surface area contributed by atoms with Gasteiger partial charge in [0.05, 0.1) is 16.5 Å². The topological polar surface area (TPSA) is 66.4 Å². The molecule has 10 heteroatoms. The summed E-state index contributed by atoms with van der Waals surface area (Å²) in [6.45, 7) is 19.3. The summed E-state index contributed by atoms with van der Waals surface area (Å²) in [6.07, 6.45) is 8.61. The molecule has 4 aliphatic rings. The monoisotopic (exact) mass is 750 g/mol. The Hall–Kier alpha value is -3.65. The van der Waals surface area contributed by atoms with Crippen LogP contribution in [-0.2, 0) is 0 Å². The van der Waals surface area contributed by atoms with E-state index < -0.39 is 19.7 Å². The third-order valence-electron chi connectivity index (χ3n) is 13.9. The summed E-state index contributed by atoms with van der Waals surface area (Å²) >= 11 is 0. The molecule has 1 spiro atoms. The summed E-state index contributed by atoms with van der Waals surface area (Å²) in [6, 6.07) is 9.42. The minimum atomic E-state index is -2.20. The maximum Gasteiger partial charge on any atom is 0.319 e. The molecule has 1 saturated carbocycles. The lowest BCUT2D eigenvalue weighted by Gasteiger charge is -2.38. The van der Waals surface area contributed by atoms with E-state index in [0.717, 1.165) is 50.7 Å². The van der Waals surface area contributed by atoms with E-state index >= 15 is 8.78 Å². The highest BCUT2D eigenvalue weighted by atomic mass is 28.3. The average Bonchev–Trinajstić information content (AvgIpc) is 3.40. The number of anilines is 1. The second kappa shape index (κ2) is 13.8. The van der Waals surface area contributed by atoms with Crippen LogP contribution >= 0.6 is 0 Å². The van der Waals surface area contributed by atoms with E-state index in [2.05, 4.69) is 75.0 Å². The van der Waals surface area contributed by atoms with Crippen molar-refractivity contribution in [2.24, 2.45) is 5.41 Å². The summed E-state index contributed by atoms with van der Waals surface area (Å²) < 4.78 is 40.0. The molecule has 7 nitrogen and oxygen atoms in total. The molecule has 5 heterocycles. The Kier molecular flexibility index (Phi) is 9.54. The second-order valence-electron chi connectivity index (χ2n) is 17.9. The number of halogens is 2. The molecule has 0 amide bonds. The van der Waals surface area contributed by atoms with Crippen molar-refractivity contribution in [1.29, 1.82) is 0 Å². The first-order valence-corrected chi connectivity index (χ1v) is 22.5. The van der Waals surface area contributed by atoms with Crippen LogP contribution in [0.15, 0.2) is 36.5 Å². The molecule has 3 atom stereocenters. The molecule has 3 saturated heterocycles. The van der Waals surface area contributed by atoms with Crippen LogP contribution < -0.4 is 15.0 Å². The zero-order chi connectivity index (χ0) is 38.2. The molecule has 3 aliphatic heterocycles. The van der Waals surface area contributed by atoms with Gasteiger partial charge in [0.15, 0.2) is 5.82 Å². The number of pyridine rings is 1. The van der Waals surface area contributed by atoms with E-state index in [9.17, 15) is 0 Å². The van der Waals surface area contributed by atoms with Gasteiger partial charge < -0.3 is 15.0 Å². The Bertz CT molecular complexity index is 2140. The van der Waals surface area contributed by atoms with E-state index in [1.165, 1.54) is 18.9 Å². The molecule has 8 rings (SSSR count). The predicted molar refractivity (Wildman–Crippen MR) is 218 cm³/mol. The number of likely N-dealkylation sites (N-methyl/N-ethyl adjacent to an activating group) is 1. The van der Waals surface area contributed by atoms with Gasteiger partial charge in [-0.25, -0.2) is 8.78 Å². The van der Waals surface area contributed by atoms with Gasteiger partial charge in [0, 0.05) is 42.8 Å². The highest BCUT2D eigenvalue weighted by Crippen LogP contribution is 2.60. The maximum atomic E-state index is 17.4. The molecule has 1 aliphatic carbocycles. The van der Waals surface area contributed by atoms with E-state index in [-0.39, 0.29) is 34.8 Å². The summed E-state index contributed by atoms with van der Waals surface area (Å²) in [4.78, 5) is 19.3. The van der Waals surface area contributed by atoms with E-state index in [1.807, 2.05) is 25.2 Å². The number of benzene rings is 2. The Labute approximate surface area is 320 Å². The zero-order valence-corrected chi connectivity index (χ0v) is 34.3. The maximum absolute atomic E-state index is 17.4. The standard InChI is InChI=1S/C44H56F2N6OSi/c1-27(2)54(28(3)4,29(5)6)22-16-32-35(45)14-13-31-11-9-12-33(37(31)32)39-38(46)40-34(23-48-39)41(51(8)36-15-20-47-30(36)7)50-42(49-40)53-26-44-17-10-21-52(44)25-43(24-44)18-19-43/h9,11-14,23,27-30,36,47H,10,15,17-21,24-26H2,1-8H3/t30-,36-,44?/m1/s1. The second-order valence-corrected chi connectivity index (χ2v) is 23.5. The fourth-order valence-electron chi connectivity index (χ4n) is 10.9. The van der Waals surface area contributed by atoms with Gasteiger partial charge in [0.1, 0.15) is 37.5 Å². The summed E-state index contributed by atoms with van der Waals surface area (Å²) in [5, 5.41) is 5.42. The van der Waals surface area contributed by atoms with E-state index in [4.69, 9.17) is 19.7 Å². The quantitative estimate of drug-likeness (QED) is 0.135. The van der Waals surface area contributed by atoms with Crippen molar-refractivity contribution in [3.63, 3.8) is 0 Å². The number of nitrogens with zero attached hydrogens (tertiary/aromatic N) is 5. The molecule has 54 heavy (non-hydrogen) atoms. The first-order chi connectivity index (χ1) is 25.8. The fourth-order valence-corrected chi connectivity index (χ4v) is 16.1. The first kappa shape index (κ1) is 37.3. The van der Waals surface area contributed by atoms with Crippen LogP contribution in [0.3, 0.4) is 0 Å². The van der Waals surface area contributed by atoms with Crippen LogP contribution in [-0.4, -0.2) is 78.8 Å². The third-order valence-corrected chi connectivity index (χ3v) is 20.2. The molecule has 1 N–H and O–H groups in total. The molecule has 2 aromatic heterocycles. The van der Waals surface area contributed by atoms with Crippen LogP contribution in [0.25, 0.3) is 32.9 Å². The van der Waals surface area contributed by atoms with Crippen LogP contribution in [0.2, 0.25) is 16.6 Å². The van der Waals surface area contributed by atoms with Crippen LogP contribution in [0.5, 0.6) is 6.01 Å². The van der Waals surface area contributed by atoms with Gasteiger partial charge in [0.2, 0.25) is 0 Å². The third kappa shape index (κ3) is 6.10. The van der Waals surface area contributed by atoms with Crippen molar-refractivity contribution in [2.75, 3.05) is 38.2 Å². The first-order valence-electron chi connectivity index (χ1n) is 20.2. The molecular formula is C44H56F2N6OSi. The molecule has 0 bridgehead atoms. The molecule has 4 aromatic rings. The highest BCUT2D eigenvalue weighted by Gasteiger charge is 2.60. The van der Waals surface area contributed by atoms with Crippen molar-refractivity contribution in [2.45, 2.75) is 121 Å². The van der Waals surface area contributed by atoms with Gasteiger partial charge in [-0.3, -0.25) is 9.88 Å². The largest absolute Gasteiger partial charge is 0.461 e. The van der Waals surface area contributed by atoms with Crippen LogP contribution in [0.1, 0.15) is 92.6 Å². The predicted octanol–water partition coefficient (Wildman–Crippen LogP) is 9.28. The van der Waals surface area contributed by atoms with Gasteiger partial charge in [-0.05, 0) is 92.0 Å². The van der Waals surface area contributed by atoms with Gasteiger partial charge in [0.25, 0.3) is 0 Å². The lowest BCUT2D eigenvalue weighted by atomic mass is 9.89. The summed E-state index contributed by atoms with van der Waals surface area (Å²) in [7, 11) is -0.178. The number of hydrogen-bond acceptors (Lipinski definition) is 7. The Balaban J connectivity index is 1.26. The van der Waals surface area contributed by atoms with Crippen LogP contribution in [0, 0.1) is 28.5 Å². The van der Waals surface area contributed by atoms with Gasteiger partial charge in [-0.2, -0.15) is 9.97 Å². The summed E-state index contributed by atoms with van der Waals surface area (Å²) in [5.74, 6) is 2.99. The molecular weight excluding hydrogens is 695 g/mol. The molecule has 4 fully saturated rings. The normalized spacial score (nSPS) is 23.6. The average molecular weight is 751 g/mol. The lowest BCUT2D eigenvalue weighted by molar-refractivity contribution is 0.107. The zero-order valence-electron chi connectivity index (χ0n) is 33.3. The molecule has 2 aromatic carbocycles. The minimum Gasteiger partial charge on any atom is -0.461 e. The van der Waals surface area contributed by atoms with E-state index in [0.29, 0.717) is 56.4 Å². The Morgan fingerprint density at radius 3 is 2.48 bits per heavy atom. The number of hydrogen-bond donors (Lipinski definition) is 1. The van der Waals surface area contributed by atoms with Gasteiger partial charge >= 0.3 is 6.01 Å². The van der Waals surface area contributed by atoms with E-state index in [1.54, 1.807) is 12.3 Å². The number of nitrogens with one attached hydrogen (secondary N) is 1. The van der Waals surface area contributed by atoms with Crippen LogP contribution in [0.4, 0.5) is 14.6 Å². The number of rotatable bonds is 9. The Morgan fingerprint density at radius 1 is 1.04 bits per heavy atom. The number of aromatic nitrogens is 3. The number of ether oxygens (including phenoxy) is 1. The molecule has 286 valence electrons. The number of fused-ring (bicyclic) bond motifs is 3. The SMILES string of the molecule is CC(C)[Si](C#Cc1c(F)ccc2cccc(-c3ncc4c(N(C)[C@@H]5CCN[C@@H]5C)nc(OCC56CCCN5CC5(CC5)C6)nc4c3F)c12)(C(C)C)C(C)C. The fraction of sp³-hybridized carbons (Fsp3) is 0.568. The van der Waals surface area contributed by atoms with Gasteiger partial charge in [-0.15, -0.1) is 5.54 Å². The minimum absolute atomic E-state index is 0.0155. The summed E-state index contributed by atoms with van der Waals surface area (Å²) in [5.41, 5.74) is 6.34. The van der Waals surface area contributed by atoms with Crippen molar-refractivity contribution >= 4 is 35.6 Å². The smallest absolute Gasteiger partial charge is 0.319 e. The Morgan fingerprint density at radius 2 is 1.80 bits per heavy atom. The molecule has 1 unspecified atom stereocenters. The lowest BCUT2D eigenvalue weighted by Crippen LogP contribution is -2.43. The van der Waals surface area contributed by atoms with Crippen molar-refractivity contribution in [3.8, 4) is 28.7 Å². The van der Waals surface area contributed by atoms with Crippen molar-refractivity contribution in [3.05, 3.63) is 53.7 Å². The van der Waals surface area contributed by atoms with Gasteiger partial charge in [-0.1, -0.05) is 71.7 Å². The highest BCUT2D eigenvalue weighted by molar-refractivity contribution is 6.90.